The molecular weight excluding hydrogens is 313 g/mol. The van der Waals surface area contributed by atoms with Gasteiger partial charge in [0.05, 0.1) is 11.6 Å². The van der Waals surface area contributed by atoms with E-state index in [2.05, 4.69) is 28.7 Å². The third-order valence-corrected chi connectivity index (χ3v) is 2.69. The van der Waals surface area contributed by atoms with Crippen LogP contribution in [0.3, 0.4) is 0 Å². The van der Waals surface area contributed by atoms with Gasteiger partial charge in [-0.3, -0.25) is 0 Å². The maximum absolute atomic E-state index is 8.66. The SMILES string of the molecule is N#Cc1ccc(Oc2cccc(I)c2)cc1. The van der Waals surface area contributed by atoms with E-state index >= 15 is 0 Å². The van der Waals surface area contributed by atoms with E-state index < -0.39 is 0 Å². The summed E-state index contributed by atoms with van der Waals surface area (Å²) < 4.78 is 6.77. The van der Waals surface area contributed by atoms with Crippen LogP contribution in [-0.2, 0) is 0 Å². The van der Waals surface area contributed by atoms with Crippen LogP contribution in [0.25, 0.3) is 0 Å². The van der Waals surface area contributed by atoms with Gasteiger partial charge in [-0.25, -0.2) is 0 Å². The van der Waals surface area contributed by atoms with E-state index in [1.807, 2.05) is 24.3 Å². The van der Waals surface area contributed by atoms with Crippen molar-refractivity contribution in [3.05, 3.63) is 57.7 Å². The number of rotatable bonds is 2. The fourth-order valence-corrected chi connectivity index (χ4v) is 1.78. The number of hydrogen-bond acceptors (Lipinski definition) is 2. The molecular formula is C13H8INO. The Morgan fingerprint density at radius 3 is 2.38 bits per heavy atom. The summed E-state index contributed by atoms with van der Waals surface area (Å²) in [5, 5.41) is 8.66. The van der Waals surface area contributed by atoms with Gasteiger partial charge in [0.2, 0.25) is 0 Å². The number of halogens is 1. The van der Waals surface area contributed by atoms with Crippen molar-refractivity contribution < 1.29 is 4.74 Å². The monoisotopic (exact) mass is 321 g/mol. The number of nitriles is 1. The Balaban J connectivity index is 2.18. The zero-order chi connectivity index (χ0) is 11.4. The Labute approximate surface area is 108 Å². The molecule has 0 saturated heterocycles. The fraction of sp³-hybridized carbons (Fsp3) is 0. The molecule has 0 amide bonds. The lowest BCUT2D eigenvalue weighted by Gasteiger charge is -2.05. The van der Waals surface area contributed by atoms with Crippen molar-refractivity contribution in [3.8, 4) is 17.6 Å². The predicted octanol–water partition coefficient (Wildman–Crippen LogP) is 3.96. The van der Waals surface area contributed by atoms with Gasteiger partial charge in [-0.05, 0) is 65.1 Å². The molecule has 0 N–H and O–H groups in total. The number of hydrogen-bond donors (Lipinski definition) is 0. The van der Waals surface area contributed by atoms with Crippen LogP contribution >= 0.6 is 22.6 Å². The molecule has 0 unspecified atom stereocenters. The van der Waals surface area contributed by atoms with Crippen LogP contribution in [0, 0.1) is 14.9 Å². The Morgan fingerprint density at radius 1 is 1.00 bits per heavy atom. The van der Waals surface area contributed by atoms with Gasteiger partial charge in [0.15, 0.2) is 0 Å². The summed E-state index contributed by atoms with van der Waals surface area (Å²) in [5.74, 6) is 1.54. The molecule has 2 nitrogen and oxygen atoms in total. The van der Waals surface area contributed by atoms with Crippen molar-refractivity contribution >= 4 is 22.6 Å². The molecule has 78 valence electrons. The van der Waals surface area contributed by atoms with Crippen molar-refractivity contribution in [2.24, 2.45) is 0 Å². The molecule has 0 fully saturated rings. The number of nitrogens with zero attached hydrogens (tertiary/aromatic N) is 1. The number of ether oxygens (including phenoxy) is 1. The molecule has 0 aromatic heterocycles. The van der Waals surface area contributed by atoms with Gasteiger partial charge in [-0.15, -0.1) is 0 Å². The molecule has 2 rings (SSSR count). The van der Waals surface area contributed by atoms with Crippen molar-refractivity contribution in [2.45, 2.75) is 0 Å². The van der Waals surface area contributed by atoms with E-state index in [-0.39, 0.29) is 0 Å². The maximum atomic E-state index is 8.66. The Morgan fingerprint density at radius 2 is 1.75 bits per heavy atom. The van der Waals surface area contributed by atoms with Gasteiger partial charge in [-0.1, -0.05) is 6.07 Å². The second-order valence-corrected chi connectivity index (χ2v) is 4.44. The van der Waals surface area contributed by atoms with E-state index in [0.29, 0.717) is 5.56 Å². The Kier molecular flexibility index (Phi) is 3.42. The van der Waals surface area contributed by atoms with Crippen molar-refractivity contribution in [1.82, 2.24) is 0 Å². The summed E-state index contributed by atoms with van der Waals surface area (Å²) in [5.41, 5.74) is 0.634. The molecule has 0 aliphatic carbocycles. The van der Waals surface area contributed by atoms with Crippen molar-refractivity contribution in [1.29, 1.82) is 5.26 Å². The lowest BCUT2D eigenvalue weighted by molar-refractivity contribution is 0.482. The van der Waals surface area contributed by atoms with E-state index in [9.17, 15) is 0 Å². The minimum atomic E-state index is 0.634. The lowest BCUT2D eigenvalue weighted by Crippen LogP contribution is -1.84. The second-order valence-electron chi connectivity index (χ2n) is 3.20. The first kappa shape index (κ1) is 11.0. The molecule has 0 heterocycles. The van der Waals surface area contributed by atoms with Gasteiger partial charge in [0.25, 0.3) is 0 Å². The van der Waals surface area contributed by atoms with E-state index in [1.54, 1.807) is 24.3 Å². The first-order valence-corrected chi connectivity index (χ1v) is 5.79. The summed E-state index contributed by atoms with van der Waals surface area (Å²) in [6.07, 6.45) is 0. The summed E-state index contributed by atoms with van der Waals surface area (Å²) in [6, 6.07) is 16.9. The molecule has 0 bridgehead atoms. The van der Waals surface area contributed by atoms with E-state index in [1.165, 1.54) is 0 Å². The highest BCUT2D eigenvalue weighted by Crippen LogP contribution is 2.22. The smallest absolute Gasteiger partial charge is 0.128 e. The highest BCUT2D eigenvalue weighted by Gasteiger charge is 1.98. The van der Waals surface area contributed by atoms with Crippen LogP contribution in [0.5, 0.6) is 11.5 Å². The summed E-state index contributed by atoms with van der Waals surface area (Å²) in [4.78, 5) is 0. The quantitative estimate of drug-likeness (QED) is 0.785. The molecule has 0 saturated carbocycles. The third kappa shape index (κ3) is 2.74. The summed E-state index contributed by atoms with van der Waals surface area (Å²) in [7, 11) is 0. The number of benzene rings is 2. The largest absolute Gasteiger partial charge is 0.457 e. The molecule has 0 aliphatic rings. The van der Waals surface area contributed by atoms with Crippen molar-refractivity contribution in [3.63, 3.8) is 0 Å². The zero-order valence-corrected chi connectivity index (χ0v) is 10.5. The van der Waals surface area contributed by atoms with E-state index in [0.717, 1.165) is 15.1 Å². The maximum Gasteiger partial charge on any atom is 0.128 e. The topological polar surface area (TPSA) is 33.0 Å². The van der Waals surface area contributed by atoms with Crippen molar-refractivity contribution in [2.75, 3.05) is 0 Å². The molecule has 2 aromatic carbocycles. The molecule has 0 atom stereocenters. The molecule has 0 radical (unpaired) electrons. The third-order valence-electron chi connectivity index (χ3n) is 2.02. The Hall–Kier alpha value is -1.54. The molecule has 16 heavy (non-hydrogen) atoms. The normalized spacial score (nSPS) is 9.50. The van der Waals surface area contributed by atoms with Crippen LogP contribution in [0.2, 0.25) is 0 Å². The van der Waals surface area contributed by atoms with Crippen LogP contribution in [0.15, 0.2) is 48.5 Å². The standard InChI is InChI=1S/C13H8INO/c14-11-2-1-3-13(8-11)16-12-6-4-10(9-15)5-7-12/h1-8H. The highest BCUT2D eigenvalue weighted by molar-refractivity contribution is 14.1. The predicted molar refractivity (Wildman–Crippen MR) is 70.4 cm³/mol. The molecule has 0 spiro atoms. The lowest BCUT2D eigenvalue weighted by atomic mass is 10.2. The molecule has 0 aliphatic heterocycles. The fourth-order valence-electron chi connectivity index (χ4n) is 1.26. The van der Waals surface area contributed by atoms with Gasteiger partial charge in [0, 0.05) is 3.57 Å². The first-order chi connectivity index (χ1) is 7.78. The average Bonchev–Trinajstić information content (AvgIpc) is 2.30. The zero-order valence-electron chi connectivity index (χ0n) is 8.35. The van der Waals surface area contributed by atoms with Gasteiger partial charge < -0.3 is 4.74 Å². The van der Waals surface area contributed by atoms with Crippen LogP contribution in [0.1, 0.15) is 5.56 Å². The van der Waals surface area contributed by atoms with E-state index in [4.69, 9.17) is 10.00 Å². The van der Waals surface area contributed by atoms with Crippen LogP contribution in [-0.4, -0.2) is 0 Å². The molecule has 2 aromatic rings. The van der Waals surface area contributed by atoms with Gasteiger partial charge in [0.1, 0.15) is 11.5 Å². The Bertz CT molecular complexity index is 528. The van der Waals surface area contributed by atoms with Gasteiger partial charge >= 0.3 is 0 Å². The summed E-state index contributed by atoms with van der Waals surface area (Å²) in [6.45, 7) is 0. The molecule has 3 heteroatoms. The second kappa shape index (κ2) is 4.99. The van der Waals surface area contributed by atoms with Crippen LogP contribution < -0.4 is 4.74 Å². The minimum Gasteiger partial charge on any atom is -0.457 e. The average molecular weight is 321 g/mol. The highest BCUT2D eigenvalue weighted by atomic mass is 127. The van der Waals surface area contributed by atoms with Gasteiger partial charge in [-0.2, -0.15) is 5.26 Å². The minimum absolute atomic E-state index is 0.634. The van der Waals surface area contributed by atoms with Crippen LogP contribution in [0.4, 0.5) is 0 Å². The first-order valence-electron chi connectivity index (χ1n) is 4.71. The summed E-state index contributed by atoms with van der Waals surface area (Å²) >= 11 is 2.24.